The minimum absolute atomic E-state index is 0.0147. The molecular formula is C140H110B5N5. The van der Waals surface area contributed by atoms with Crippen molar-refractivity contribution in [2.24, 2.45) is 0 Å². The van der Waals surface area contributed by atoms with Gasteiger partial charge in [-0.2, -0.15) is 0 Å². The van der Waals surface area contributed by atoms with Gasteiger partial charge < -0.3 is 22.8 Å². The molecule has 35 rings (SSSR count). The molecule has 0 radical (unpaired) electrons. The number of para-hydroxylation sites is 10. The van der Waals surface area contributed by atoms with E-state index in [1.54, 1.807) is 0 Å². The molecule has 0 fully saturated rings. The normalized spacial score (nSPS) is 15.4. The zero-order valence-corrected chi connectivity index (χ0v) is 87.7. The molecule has 10 aliphatic rings. The van der Waals surface area contributed by atoms with E-state index in [2.05, 4.69) is 521 Å². The number of nitrogens with zero attached hydrogens (tertiary/aromatic N) is 5. The molecule has 15 heterocycles. The zero-order chi connectivity index (χ0) is 101. The first-order valence-electron chi connectivity index (χ1n) is 54.2. The Bertz CT molecular complexity index is 10400. The standard InChI is InChI=1S/5C28H22BN/c1-17-15-21-26-25(16-17)30-24-14-7-4-9-18(24)19-10-8-13-23(27(19)30)29(26)22-12-6-5-11-20(22)28(21,2)3;1-17-15-16-21-25-26(17)30-24-14-7-4-9-18(24)19-10-8-13-23(27(19)30)29(25)22-12-6-5-11-20(22)28(21,2)3;1-17-15-16-24-26-25(17)28(2,3)20-11-5-6-12-21(20)29(26)22-13-8-10-19-18-9-4-7-14-23(18)30(24)27(19)22;1-17-9-6-13-21-25(17)28(2,3)20-12-8-16-24-26(20)29(21)22-14-7-11-19-18-10-4-5-15-23(18)30(24)27(19)22;1-17-14-15-22-21(16-17)28(2,3)20-10-7-13-25-26(20)29(22)23-11-6-9-19-18-8-4-5-12-24(18)30(25)27(19)23/h5*4-16H,1-3H3. The molecule has 0 unspecified atom stereocenters. The van der Waals surface area contributed by atoms with Crippen LogP contribution < -0.4 is 81.9 Å². The number of hydrogen-bond acceptors (Lipinski definition) is 0. The molecule has 0 bridgehead atoms. The highest BCUT2D eigenvalue weighted by Crippen LogP contribution is 2.49. The van der Waals surface area contributed by atoms with Crippen molar-refractivity contribution in [3.8, 4) is 28.4 Å². The fourth-order valence-electron chi connectivity index (χ4n) is 31.8. The van der Waals surface area contributed by atoms with Gasteiger partial charge in [-0.25, -0.2) is 0 Å². The maximum atomic E-state index is 2.55. The fourth-order valence-corrected chi connectivity index (χ4v) is 31.8. The third-order valence-corrected chi connectivity index (χ3v) is 37.7. The first-order chi connectivity index (χ1) is 72.9. The smallest absolute Gasteiger partial charge is 0.247 e. The predicted molar refractivity (Wildman–Crippen MR) is 644 cm³/mol. The van der Waals surface area contributed by atoms with Gasteiger partial charge in [-0.15, -0.1) is 0 Å². The van der Waals surface area contributed by atoms with Crippen molar-refractivity contribution in [1.29, 1.82) is 0 Å². The largest absolute Gasteiger partial charge is 0.310 e. The number of fused-ring (bicyclic) bond motifs is 35. The predicted octanol–water partition coefficient (Wildman–Crippen LogP) is 22.8. The molecule has 0 saturated heterocycles. The molecule has 0 spiro atoms. The van der Waals surface area contributed by atoms with Crippen LogP contribution in [0.1, 0.15) is 153 Å². The van der Waals surface area contributed by atoms with Crippen LogP contribution in [0.3, 0.4) is 0 Å². The molecule has 5 nitrogen and oxygen atoms in total. The summed E-state index contributed by atoms with van der Waals surface area (Å²) < 4.78 is 12.6. The van der Waals surface area contributed by atoms with Gasteiger partial charge in [-0.1, -0.05) is 442 Å². The van der Waals surface area contributed by atoms with Gasteiger partial charge in [0.15, 0.2) is 0 Å². The fraction of sp³-hybridized carbons (Fsp3) is 0.143. The molecule has 0 N–H and O–H groups in total. The molecule has 20 aromatic carbocycles. The summed E-state index contributed by atoms with van der Waals surface area (Å²) >= 11 is 0. The summed E-state index contributed by atoms with van der Waals surface area (Å²) in [7, 11) is 0. The van der Waals surface area contributed by atoms with Gasteiger partial charge in [0.05, 0.1) is 27.6 Å². The maximum absolute atomic E-state index is 2.55. The topological polar surface area (TPSA) is 24.6 Å². The van der Waals surface area contributed by atoms with Crippen molar-refractivity contribution in [3.05, 3.63) is 478 Å². The second kappa shape index (κ2) is 30.7. The van der Waals surface area contributed by atoms with Crippen molar-refractivity contribution in [2.75, 3.05) is 0 Å². The van der Waals surface area contributed by atoms with Crippen LogP contribution in [0.5, 0.6) is 0 Å². The van der Waals surface area contributed by atoms with Crippen molar-refractivity contribution in [2.45, 2.75) is 131 Å². The first kappa shape index (κ1) is 87.9. The monoisotopic (exact) mass is 1920 g/mol. The van der Waals surface area contributed by atoms with E-state index in [0.717, 1.165) is 0 Å². The van der Waals surface area contributed by atoms with Crippen molar-refractivity contribution < 1.29 is 0 Å². The van der Waals surface area contributed by atoms with Crippen LogP contribution in [0, 0.1) is 34.6 Å². The number of benzene rings is 20. The Hall–Kier alpha value is -16.3. The number of aryl methyl sites for hydroxylation is 5. The summed E-state index contributed by atoms with van der Waals surface area (Å²) in [6.07, 6.45) is 0. The lowest BCUT2D eigenvalue weighted by molar-refractivity contribution is 0.640. The Labute approximate surface area is 878 Å². The Morgan fingerprint density at radius 1 is 0.167 bits per heavy atom. The molecule has 5 aromatic heterocycles. The van der Waals surface area contributed by atoms with Gasteiger partial charge in [0.2, 0.25) is 33.6 Å². The lowest BCUT2D eigenvalue weighted by Gasteiger charge is -2.42. The average molecular weight is 1920 g/mol. The Morgan fingerprint density at radius 3 is 0.920 bits per heavy atom. The van der Waals surface area contributed by atoms with E-state index < -0.39 is 0 Å². The number of aromatic nitrogens is 5. The highest BCUT2D eigenvalue weighted by atomic mass is 15.0. The van der Waals surface area contributed by atoms with Gasteiger partial charge in [-0.3, -0.25) is 0 Å². The van der Waals surface area contributed by atoms with Gasteiger partial charge in [0, 0.05) is 137 Å². The van der Waals surface area contributed by atoms with Crippen LogP contribution >= 0.6 is 0 Å². The second-order valence-electron chi connectivity index (χ2n) is 47.3. The van der Waals surface area contributed by atoms with Gasteiger partial charge in [0.1, 0.15) is 0 Å². The molecule has 0 saturated carbocycles. The van der Waals surface area contributed by atoms with E-state index in [0.29, 0.717) is 33.6 Å². The van der Waals surface area contributed by atoms with Crippen LogP contribution in [0.15, 0.2) is 394 Å². The minimum atomic E-state index is -0.0170. The summed E-state index contributed by atoms with van der Waals surface area (Å²) in [6, 6.07) is 148. The summed E-state index contributed by atoms with van der Waals surface area (Å²) in [6.45, 7) is 36.7. The third-order valence-electron chi connectivity index (χ3n) is 37.7. The molecule has 0 aliphatic carbocycles. The Balaban J connectivity index is 0.0000000844. The first-order valence-corrected chi connectivity index (χ1v) is 54.2. The lowest BCUT2D eigenvalue weighted by Crippen LogP contribution is -2.63. The van der Waals surface area contributed by atoms with Crippen LogP contribution in [-0.2, 0) is 27.1 Å². The quantitative estimate of drug-likeness (QED) is 0.135. The Kier molecular flexibility index (Phi) is 18.0. The summed E-state index contributed by atoms with van der Waals surface area (Å²) in [5, 5.41) is 13.5. The molecule has 10 aliphatic heterocycles. The van der Waals surface area contributed by atoms with Gasteiger partial charge in [-0.05, 0) is 222 Å². The molecular weight excluding hydrogens is 1810 g/mol. The molecule has 0 atom stereocenters. The van der Waals surface area contributed by atoms with Crippen LogP contribution in [0.4, 0.5) is 0 Å². The molecule has 10 heteroatoms. The van der Waals surface area contributed by atoms with Gasteiger partial charge in [0.25, 0.3) is 0 Å². The van der Waals surface area contributed by atoms with Crippen molar-refractivity contribution in [1.82, 2.24) is 22.8 Å². The van der Waals surface area contributed by atoms with Crippen molar-refractivity contribution >= 4 is 225 Å². The SMILES string of the molecule is Cc1cc2c3c(c1)C(C)(C)c1ccccc1B3c1cccc3c4ccccc4n-2c13.Cc1ccc2c(c1)C(C)(C)c1cccc3c1B2c1cccc2c4ccccc4n-3c12.Cc1ccc2c3c1-n1c4ccccc4c4cccc(c41)B3c1ccccc1C2(C)C.Cc1ccc2c3c1C(C)(C)c1ccccc1B3c1cccc3c4ccccc4n-2c13.Cc1cccc2c1C(C)(C)c1cccc3c1B2c1cccc2c4ccccc4n-3c12. The summed E-state index contributed by atoms with van der Waals surface area (Å²) in [5.41, 5.74) is 63.7. The van der Waals surface area contributed by atoms with Gasteiger partial charge >= 0.3 is 0 Å². The van der Waals surface area contributed by atoms with Crippen LogP contribution in [-0.4, -0.2) is 56.4 Å². The van der Waals surface area contributed by atoms with E-state index in [9.17, 15) is 0 Å². The summed E-state index contributed by atoms with van der Waals surface area (Å²) in [4.78, 5) is 0. The van der Waals surface area contributed by atoms with E-state index in [1.807, 2.05) is 0 Å². The maximum Gasteiger partial charge on any atom is 0.247 e. The highest BCUT2D eigenvalue weighted by molar-refractivity contribution is 7.02. The second-order valence-corrected chi connectivity index (χ2v) is 47.3. The molecule has 710 valence electrons. The zero-order valence-electron chi connectivity index (χ0n) is 87.7. The highest BCUT2D eigenvalue weighted by Gasteiger charge is 2.53. The number of hydrogen-bond donors (Lipinski definition) is 0. The van der Waals surface area contributed by atoms with E-state index >= 15 is 0 Å². The minimum Gasteiger partial charge on any atom is -0.310 e. The number of rotatable bonds is 0. The molecule has 25 aromatic rings. The third kappa shape index (κ3) is 11.3. The molecule has 0 amide bonds. The van der Waals surface area contributed by atoms with Crippen LogP contribution in [0.2, 0.25) is 0 Å². The van der Waals surface area contributed by atoms with Crippen LogP contribution in [0.25, 0.3) is 137 Å². The van der Waals surface area contributed by atoms with E-state index in [4.69, 9.17) is 0 Å². The van der Waals surface area contributed by atoms with E-state index in [-0.39, 0.29) is 27.1 Å². The molecule has 150 heavy (non-hydrogen) atoms. The average Bonchev–Trinajstić information content (AvgIpc) is 1.49. The lowest BCUT2D eigenvalue weighted by atomic mass is 9.30. The van der Waals surface area contributed by atoms with E-state index in [1.165, 1.54) is 303 Å². The van der Waals surface area contributed by atoms with Crippen molar-refractivity contribution in [3.63, 3.8) is 0 Å². The Morgan fingerprint density at radius 2 is 0.453 bits per heavy atom. The summed E-state index contributed by atoms with van der Waals surface area (Å²) in [5.74, 6) is 0.